The van der Waals surface area contributed by atoms with Gasteiger partial charge in [-0.1, -0.05) is 68.4 Å². The van der Waals surface area contributed by atoms with Gasteiger partial charge in [-0.15, -0.1) is 0 Å². The highest BCUT2D eigenvalue weighted by Gasteiger charge is 2.14. The van der Waals surface area contributed by atoms with Gasteiger partial charge in [0.25, 0.3) is 0 Å². The van der Waals surface area contributed by atoms with Crippen LogP contribution in [0.25, 0.3) is 5.69 Å². The molecule has 0 saturated carbocycles. The molecule has 0 aliphatic carbocycles. The van der Waals surface area contributed by atoms with E-state index in [1.807, 2.05) is 55.5 Å². The normalized spacial score (nSPS) is 10.9. The van der Waals surface area contributed by atoms with Gasteiger partial charge in [-0.2, -0.15) is 4.68 Å². The number of rotatable bonds is 14. The Labute approximate surface area is 184 Å². The van der Waals surface area contributed by atoms with Crippen molar-refractivity contribution in [1.82, 2.24) is 25.5 Å². The molecule has 0 aliphatic rings. The van der Waals surface area contributed by atoms with Gasteiger partial charge >= 0.3 is 6.01 Å². The smallest absolute Gasteiger partial charge is 0.346 e. The van der Waals surface area contributed by atoms with Crippen molar-refractivity contribution < 1.29 is 9.47 Å². The number of para-hydroxylation sites is 1. The van der Waals surface area contributed by atoms with E-state index >= 15 is 0 Å². The molecule has 31 heavy (non-hydrogen) atoms. The Hall–Kier alpha value is -2.93. The number of benzene rings is 2. The molecule has 0 atom stereocenters. The lowest BCUT2D eigenvalue weighted by Crippen LogP contribution is -2.14. The highest BCUT2D eigenvalue weighted by Crippen LogP contribution is 2.32. The third-order valence-electron chi connectivity index (χ3n) is 4.99. The molecule has 0 fully saturated rings. The van der Waals surface area contributed by atoms with E-state index < -0.39 is 0 Å². The van der Waals surface area contributed by atoms with Crippen molar-refractivity contribution in [3.05, 3.63) is 54.1 Å². The number of unbranched alkanes of at least 4 members (excludes halogenated alkanes) is 5. The minimum Gasteiger partial charge on any atom is -0.490 e. The molecule has 0 amide bonds. The van der Waals surface area contributed by atoms with Crippen molar-refractivity contribution in [2.75, 3.05) is 13.2 Å². The molecule has 0 radical (unpaired) electrons. The first-order valence-corrected chi connectivity index (χ1v) is 11.3. The Morgan fingerprint density at radius 2 is 1.71 bits per heavy atom. The molecular formula is C24H33N5O2. The van der Waals surface area contributed by atoms with Gasteiger partial charge in [0.15, 0.2) is 11.5 Å². The van der Waals surface area contributed by atoms with E-state index in [2.05, 4.69) is 27.8 Å². The summed E-state index contributed by atoms with van der Waals surface area (Å²) in [5.41, 5.74) is 1.99. The summed E-state index contributed by atoms with van der Waals surface area (Å²) in [5, 5.41) is 15.3. The van der Waals surface area contributed by atoms with E-state index in [-0.39, 0.29) is 0 Å². The third kappa shape index (κ3) is 7.07. The van der Waals surface area contributed by atoms with Crippen LogP contribution in [-0.2, 0) is 6.54 Å². The van der Waals surface area contributed by atoms with Gasteiger partial charge in [0.05, 0.1) is 12.3 Å². The summed E-state index contributed by atoms with van der Waals surface area (Å²) in [6.07, 6.45) is 7.83. The monoisotopic (exact) mass is 423 g/mol. The molecule has 0 unspecified atom stereocenters. The second kappa shape index (κ2) is 12.7. The lowest BCUT2D eigenvalue weighted by atomic mass is 10.1. The Balaban J connectivity index is 1.58. The van der Waals surface area contributed by atoms with Gasteiger partial charge in [0.2, 0.25) is 0 Å². The maximum Gasteiger partial charge on any atom is 0.346 e. The average molecular weight is 424 g/mol. The number of hydrogen-bond acceptors (Lipinski definition) is 6. The van der Waals surface area contributed by atoms with Gasteiger partial charge in [0.1, 0.15) is 0 Å². The van der Waals surface area contributed by atoms with Gasteiger partial charge < -0.3 is 14.8 Å². The van der Waals surface area contributed by atoms with Crippen molar-refractivity contribution >= 4 is 0 Å². The highest BCUT2D eigenvalue weighted by atomic mass is 16.5. The highest BCUT2D eigenvalue weighted by molar-refractivity contribution is 5.44. The zero-order valence-electron chi connectivity index (χ0n) is 18.6. The summed E-state index contributed by atoms with van der Waals surface area (Å²) < 4.78 is 13.4. The first-order chi connectivity index (χ1) is 15.3. The third-order valence-corrected chi connectivity index (χ3v) is 4.99. The number of hydrogen-bond donors (Lipinski definition) is 1. The standard InChI is InChI=1S/C24H33N5O2/c1-3-5-6-7-8-12-17-25-19-20-15-16-22(23(18-20)30-4-2)31-24-26-27-28-29(24)21-13-10-9-11-14-21/h9-11,13-16,18,25H,3-8,12,17,19H2,1-2H3. The quantitative estimate of drug-likeness (QED) is 0.355. The first kappa shape index (κ1) is 22.7. The lowest BCUT2D eigenvalue weighted by Gasteiger charge is -2.13. The predicted octanol–water partition coefficient (Wildman–Crippen LogP) is 5.30. The van der Waals surface area contributed by atoms with Crippen molar-refractivity contribution in [3.63, 3.8) is 0 Å². The van der Waals surface area contributed by atoms with Crippen LogP contribution in [0.3, 0.4) is 0 Å². The number of nitrogens with one attached hydrogen (secondary N) is 1. The van der Waals surface area contributed by atoms with Gasteiger partial charge in [-0.05, 0) is 60.1 Å². The van der Waals surface area contributed by atoms with Crippen LogP contribution >= 0.6 is 0 Å². The summed E-state index contributed by atoms with van der Waals surface area (Å²) in [4.78, 5) is 0. The van der Waals surface area contributed by atoms with E-state index in [1.165, 1.54) is 38.5 Å². The van der Waals surface area contributed by atoms with Crippen LogP contribution in [-0.4, -0.2) is 33.4 Å². The number of nitrogens with zero attached hydrogens (tertiary/aromatic N) is 4. The number of aromatic nitrogens is 4. The molecule has 2 aromatic carbocycles. The molecule has 0 bridgehead atoms. The van der Waals surface area contributed by atoms with Crippen molar-refractivity contribution in [3.8, 4) is 23.2 Å². The summed E-state index contributed by atoms with van der Waals surface area (Å²) in [7, 11) is 0. The number of ether oxygens (including phenoxy) is 2. The van der Waals surface area contributed by atoms with Crippen LogP contribution in [0.1, 0.15) is 57.9 Å². The maximum atomic E-state index is 6.01. The van der Waals surface area contributed by atoms with Gasteiger partial charge in [-0.25, -0.2) is 0 Å². The summed E-state index contributed by atoms with van der Waals surface area (Å²) in [6.45, 7) is 6.59. The zero-order valence-corrected chi connectivity index (χ0v) is 18.6. The van der Waals surface area contributed by atoms with Crippen LogP contribution in [0.2, 0.25) is 0 Å². The largest absolute Gasteiger partial charge is 0.490 e. The molecule has 3 aromatic rings. The van der Waals surface area contributed by atoms with E-state index in [4.69, 9.17) is 9.47 Å². The minimum atomic E-state index is 0.293. The van der Waals surface area contributed by atoms with E-state index in [0.29, 0.717) is 24.1 Å². The van der Waals surface area contributed by atoms with Crippen molar-refractivity contribution in [1.29, 1.82) is 0 Å². The lowest BCUT2D eigenvalue weighted by molar-refractivity contribution is 0.315. The van der Waals surface area contributed by atoms with Crippen LogP contribution in [0.15, 0.2) is 48.5 Å². The average Bonchev–Trinajstić information content (AvgIpc) is 3.26. The summed E-state index contributed by atoms with van der Waals surface area (Å²) >= 11 is 0. The Kier molecular flexibility index (Phi) is 9.32. The fraction of sp³-hybridized carbons (Fsp3) is 0.458. The van der Waals surface area contributed by atoms with Crippen LogP contribution < -0.4 is 14.8 Å². The molecule has 3 rings (SSSR count). The molecule has 1 aromatic heterocycles. The molecule has 0 aliphatic heterocycles. The van der Waals surface area contributed by atoms with Crippen LogP contribution in [0.4, 0.5) is 0 Å². The van der Waals surface area contributed by atoms with Crippen LogP contribution in [0, 0.1) is 0 Å². The first-order valence-electron chi connectivity index (χ1n) is 11.3. The topological polar surface area (TPSA) is 74.1 Å². The fourth-order valence-electron chi connectivity index (χ4n) is 3.35. The summed E-state index contributed by atoms with van der Waals surface area (Å²) in [5.74, 6) is 1.28. The predicted molar refractivity (Wildman–Crippen MR) is 122 cm³/mol. The zero-order chi connectivity index (χ0) is 21.7. The number of tetrazole rings is 1. The Morgan fingerprint density at radius 3 is 2.52 bits per heavy atom. The van der Waals surface area contributed by atoms with E-state index in [1.54, 1.807) is 4.68 Å². The fourth-order valence-corrected chi connectivity index (χ4v) is 3.35. The minimum absolute atomic E-state index is 0.293. The van der Waals surface area contributed by atoms with Crippen molar-refractivity contribution in [2.45, 2.75) is 58.9 Å². The maximum absolute atomic E-state index is 6.01. The molecule has 1 N–H and O–H groups in total. The molecule has 166 valence electrons. The van der Waals surface area contributed by atoms with Crippen LogP contribution in [0.5, 0.6) is 17.5 Å². The van der Waals surface area contributed by atoms with Crippen molar-refractivity contribution in [2.24, 2.45) is 0 Å². The Bertz CT molecular complexity index is 898. The molecular weight excluding hydrogens is 390 g/mol. The molecule has 7 heteroatoms. The molecule has 7 nitrogen and oxygen atoms in total. The second-order valence-electron chi connectivity index (χ2n) is 7.47. The molecule has 0 saturated heterocycles. The van der Waals surface area contributed by atoms with Gasteiger partial charge in [-0.3, -0.25) is 0 Å². The van der Waals surface area contributed by atoms with E-state index in [9.17, 15) is 0 Å². The Morgan fingerprint density at radius 1 is 0.903 bits per heavy atom. The summed E-state index contributed by atoms with van der Waals surface area (Å²) in [6, 6.07) is 15.9. The molecule has 0 spiro atoms. The van der Waals surface area contributed by atoms with Gasteiger partial charge in [0, 0.05) is 6.54 Å². The molecule has 1 heterocycles. The van der Waals surface area contributed by atoms with E-state index in [0.717, 1.165) is 24.3 Å². The second-order valence-corrected chi connectivity index (χ2v) is 7.47. The SMILES string of the molecule is CCCCCCCCNCc1ccc(Oc2nnnn2-c2ccccc2)c(OCC)c1.